The van der Waals surface area contributed by atoms with Crippen LogP contribution in [0.1, 0.15) is 15.9 Å². The van der Waals surface area contributed by atoms with E-state index in [4.69, 9.17) is 12.2 Å². The van der Waals surface area contributed by atoms with Gasteiger partial charge in [-0.2, -0.15) is 0 Å². The van der Waals surface area contributed by atoms with Crippen molar-refractivity contribution in [3.8, 4) is 0 Å². The molecule has 31 heavy (non-hydrogen) atoms. The van der Waals surface area contributed by atoms with E-state index in [1.807, 2.05) is 48.2 Å². The Morgan fingerprint density at radius 3 is 2.29 bits per heavy atom. The van der Waals surface area contributed by atoms with Gasteiger partial charge in [0, 0.05) is 68.6 Å². The van der Waals surface area contributed by atoms with E-state index in [-0.39, 0.29) is 10.9 Å². The SMILES string of the molecule is CN(C)c1ccc(C(=S)N2CCN(C(=O)C(=O)c3c[nH]c4cccc(F)c34)CC2)cc1. The van der Waals surface area contributed by atoms with E-state index in [0.29, 0.717) is 31.7 Å². The zero-order valence-electron chi connectivity index (χ0n) is 17.4. The molecule has 1 fully saturated rings. The highest BCUT2D eigenvalue weighted by Crippen LogP contribution is 2.23. The van der Waals surface area contributed by atoms with Gasteiger partial charge in [0.05, 0.1) is 5.56 Å². The predicted molar refractivity (Wildman–Crippen MR) is 123 cm³/mol. The van der Waals surface area contributed by atoms with Crippen molar-refractivity contribution in [2.75, 3.05) is 45.2 Å². The maximum Gasteiger partial charge on any atom is 0.295 e. The predicted octanol–water partition coefficient (Wildman–Crippen LogP) is 3.08. The first kappa shape index (κ1) is 21.0. The van der Waals surface area contributed by atoms with E-state index in [0.717, 1.165) is 16.2 Å². The fraction of sp³-hybridized carbons (Fsp3) is 0.261. The summed E-state index contributed by atoms with van der Waals surface area (Å²) in [6.07, 6.45) is 1.40. The Balaban J connectivity index is 1.41. The molecule has 0 saturated carbocycles. The normalized spacial score (nSPS) is 14.0. The van der Waals surface area contributed by atoms with Gasteiger partial charge in [-0.25, -0.2) is 4.39 Å². The number of rotatable bonds is 4. The maximum absolute atomic E-state index is 14.2. The standard InChI is InChI=1S/C23H23FN4O2S/c1-26(2)16-8-6-15(7-9-16)23(31)28-12-10-27(11-13-28)22(30)21(29)17-14-25-19-5-3-4-18(24)20(17)19/h3-9,14,25H,10-13H2,1-2H3. The number of Topliss-reactive ketones (excluding diaryl/α,β-unsaturated/α-hetero) is 1. The third-order valence-corrected chi connectivity index (χ3v) is 6.07. The number of anilines is 1. The molecule has 0 unspecified atom stereocenters. The molecule has 1 saturated heterocycles. The van der Waals surface area contributed by atoms with Crippen LogP contribution in [0.3, 0.4) is 0 Å². The second-order valence-electron chi connectivity index (χ2n) is 7.72. The fourth-order valence-electron chi connectivity index (χ4n) is 3.78. The highest BCUT2D eigenvalue weighted by molar-refractivity contribution is 7.80. The quantitative estimate of drug-likeness (QED) is 0.385. The van der Waals surface area contributed by atoms with Crippen LogP contribution < -0.4 is 4.90 Å². The van der Waals surface area contributed by atoms with Gasteiger partial charge in [0.1, 0.15) is 10.8 Å². The van der Waals surface area contributed by atoms with Crippen LogP contribution in [0.4, 0.5) is 10.1 Å². The second-order valence-corrected chi connectivity index (χ2v) is 8.11. The third kappa shape index (κ3) is 4.03. The lowest BCUT2D eigenvalue weighted by atomic mass is 10.1. The van der Waals surface area contributed by atoms with E-state index in [9.17, 15) is 14.0 Å². The van der Waals surface area contributed by atoms with Crippen molar-refractivity contribution in [3.63, 3.8) is 0 Å². The lowest BCUT2D eigenvalue weighted by Crippen LogP contribution is -2.52. The second kappa shape index (κ2) is 8.47. The topological polar surface area (TPSA) is 59.6 Å². The number of benzene rings is 2. The molecule has 0 bridgehead atoms. The summed E-state index contributed by atoms with van der Waals surface area (Å²) in [5.74, 6) is -1.85. The summed E-state index contributed by atoms with van der Waals surface area (Å²) in [6.45, 7) is 1.84. The minimum Gasteiger partial charge on any atom is -0.378 e. The first-order valence-corrected chi connectivity index (χ1v) is 10.4. The van der Waals surface area contributed by atoms with Gasteiger partial charge in [0.25, 0.3) is 11.7 Å². The van der Waals surface area contributed by atoms with Crippen LogP contribution in [-0.2, 0) is 4.79 Å². The Morgan fingerprint density at radius 2 is 1.65 bits per heavy atom. The molecule has 160 valence electrons. The Morgan fingerprint density at radius 1 is 1.00 bits per heavy atom. The number of carbonyl (C=O) groups is 2. The number of thiocarbonyl (C=S) groups is 1. The number of aromatic nitrogens is 1. The van der Waals surface area contributed by atoms with E-state index in [1.165, 1.54) is 17.2 Å². The average molecular weight is 439 g/mol. The van der Waals surface area contributed by atoms with Crippen molar-refractivity contribution in [3.05, 3.63) is 65.6 Å². The number of nitrogens with one attached hydrogen (secondary N) is 1. The molecule has 8 heteroatoms. The van der Waals surface area contributed by atoms with Crippen molar-refractivity contribution >= 4 is 45.5 Å². The van der Waals surface area contributed by atoms with Crippen LogP contribution in [0.2, 0.25) is 0 Å². The largest absolute Gasteiger partial charge is 0.378 e. The molecule has 1 amide bonds. The third-order valence-electron chi connectivity index (χ3n) is 5.58. The molecule has 0 radical (unpaired) electrons. The summed E-state index contributed by atoms with van der Waals surface area (Å²) < 4.78 is 14.2. The summed E-state index contributed by atoms with van der Waals surface area (Å²) in [4.78, 5) is 34.7. The highest BCUT2D eigenvalue weighted by atomic mass is 32.1. The van der Waals surface area contributed by atoms with Gasteiger partial charge in [-0.05, 0) is 36.4 Å². The van der Waals surface area contributed by atoms with E-state index < -0.39 is 17.5 Å². The molecule has 3 aromatic rings. The molecule has 0 aliphatic carbocycles. The Labute approximate surface area is 185 Å². The van der Waals surface area contributed by atoms with Crippen LogP contribution >= 0.6 is 12.2 Å². The zero-order chi connectivity index (χ0) is 22.1. The van der Waals surface area contributed by atoms with Gasteiger partial charge in [-0.15, -0.1) is 0 Å². The molecule has 0 atom stereocenters. The Bertz CT molecular complexity index is 1150. The van der Waals surface area contributed by atoms with E-state index in [2.05, 4.69) is 4.98 Å². The molecule has 6 nitrogen and oxygen atoms in total. The molecule has 1 N–H and O–H groups in total. The number of aromatic amines is 1. The fourth-order valence-corrected chi connectivity index (χ4v) is 4.09. The van der Waals surface area contributed by atoms with Crippen LogP contribution in [0.5, 0.6) is 0 Å². The summed E-state index contributed by atoms with van der Waals surface area (Å²) in [5, 5.41) is 0.154. The average Bonchev–Trinajstić information content (AvgIpc) is 3.23. The lowest BCUT2D eigenvalue weighted by Gasteiger charge is -2.36. The van der Waals surface area contributed by atoms with Gasteiger partial charge in [0.2, 0.25) is 0 Å². The molecule has 1 aliphatic heterocycles. The Kier molecular flexibility index (Phi) is 5.73. The number of halogens is 1. The van der Waals surface area contributed by atoms with Crippen molar-refractivity contribution in [1.82, 2.24) is 14.8 Å². The number of fused-ring (bicyclic) bond motifs is 1. The number of piperazine rings is 1. The number of nitrogens with zero attached hydrogens (tertiary/aromatic N) is 3. The van der Waals surface area contributed by atoms with Gasteiger partial charge >= 0.3 is 0 Å². The van der Waals surface area contributed by atoms with Gasteiger partial charge in [-0.1, -0.05) is 18.3 Å². The van der Waals surface area contributed by atoms with Crippen LogP contribution in [0.15, 0.2) is 48.7 Å². The summed E-state index contributed by atoms with van der Waals surface area (Å²) >= 11 is 5.63. The molecule has 2 heterocycles. The summed E-state index contributed by atoms with van der Waals surface area (Å²) in [5.41, 5.74) is 2.60. The Hall–Kier alpha value is -3.26. The smallest absolute Gasteiger partial charge is 0.295 e. The van der Waals surface area contributed by atoms with Gasteiger partial charge in [0.15, 0.2) is 0 Å². The number of H-pyrrole nitrogens is 1. The number of carbonyl (C=O) groups excluding carboxylic acids is 2. The molecule has 1 aliphatic rings. The molecule has 2 aromatic carbocycles. The minimum absolute atomic E-state index is 0.0667. The molecule has 0 spiro atoms. The lowest BCUT2D eigenvalue weighted by molar-refractivity contribution is -0.127. The van der Waals surface area contributed by atoms with Crippen molar-refractivity contribution in [2.45, 2.75) is 0 Å². The first-order chi connectivity index (χ1) is 14.9. The van der Waals surface area contributed by atoms with E-state index in [1.54, 1.807) is 12.1 Å². The number of hydrogen-bond acceptors (Lipinski definition) is 4. The first-order valence-electron chi connectivity index (χ1n) is 10.0. The highest BCUT2D eigenvalue weighted by Gasteiger charge is 2.29. The van der Waals surface area contributed by atoms with Crippen molar-refractivity contribution in [2.24, 2.45) is 0 Å². The summed E-state index contributed by atoms with van der Waals surface area (Å²) in [6, 6.07) is 12.5. The maximum atomic E-state index is 14.2. The number of ketones is 1. The van der Waals surface area contributed by atoms with E-state index >= 15 is 0 Å². The number of hydrogen-bond donors (Lipinski definition) is 1. The van der Waals surface area contributed by atoms with Gasteiger partial charge in [-0.3, -0.25) is 9.59 Å². The molecule has 1 aromatic heterocycles. The summed E-state index contributed by atoms with van der Waals surface area (Å²) in [7, 11) is 3.96. The molecular weight excluding hydrogens is 415 g/mol. The molecular formula is C23H23FN4O2S. The van der Waals surface area contributed by atoms with Gasteiger partial charge < -0.3 is 19.7 Å². The van der Waals surface area contributed by atoms with Crippen LogP contribution in [-0.4, -0.2) is 71.7 Å². The van der Waals surface area contributed by atoms with Crippen molar-refractivity contribution in [1.29, 1.82) is 0 Å². The zero-order valence-corrected chi connectivity index (χ0v) is 18.2. The molecule has 4 rings (SSSR count). The monoisotopic (exact) mass is 438 g/mol. The van der Waals surface area contributed by atoms with Crippen LogP contribution in [0, 0.1) is 5.82 Å². The van der Waals surface area contributed by atoms with Crippen molar-refractivity contribution < 1.29 is 14.0 Å². The van der Waals surface area contributed by atoms with Crippen LogP contribution in [0.25, 0.3) is 10.9 Å². The minimum atomic E-state index is -0.702. The number of amides is 1.